The molecule has 2 aliphatic heterocycles. The van der Waals surface area contributed by atoms with Gasteiger partial charge in [-0.25, -0.2) is 0 Å². The first-order chi connectivity index (χ1) is 15.8. The fourth-order valence-electron chi connectivity index (χ4n) is 2.42. The molecule has 1 saturated heterocycles. The van der Waals surface area contributed by atoms with E-state index in [1.54, 1.807) is 18.4 Å². The van der Waals surface area contributed by atoms with Gasteiger partial charge in [-0.3, -0.25) is 9.59 Å². The molecule has 2 aliphatic rings. The van der Waals surface area contributed by atoms with Gasteiger partial charge >= 0.3 is 35.0 Å². The molecular weight excluding hydrogens is 582 g/mol. The van der Waals surface area contributed by atoms with Crippen molar-refractivity contribution in [2.45, 2.75) is 12.8 Å². The second-order valence-electron chi connectivity index (χ2n) is 5.99. The summed E-state index contributed by atoms with van der Waals surface area (Å²) in [6.07, 6.45) is 6.32. The molecule has 0 aromatic carbocycles. The molecule has 0 unspecified atom stereocenters. The predicted molar refractivity (Wildman–Crippen MR) is 115 cm³/mol. The van der Waals surface area contributed by atoms with Crippen LogP contribution in [0.4, 0.5) is 0 Å². The molecule has 192 valence electrons. The summed E-state index contributed by atoms with van der Waals surface area (Å²) in [4.78, 5) is 50.5. The van der Waals surface area contributed by atoms with Crippen LogP contribution in [0.2, 0.25) is 0 Å². The Morgan fingerprint density at radius 1 is 1.09 bits per heavy atom. The molecule has 2 N–H and O–H groups in total. The van der Waals surface area contributed by atoms with E-state index in [1.165, 1.54) is 0 Å². The molecule has 0 saturated carbocycles. The molecule has 0 atom stereocenters. The van der Waals surface area contributed by atoms with Gasteiger partial charge in [0.15, 0.2) is 0 Å². The Labute approximate surface area is 206 Å². The first kappa shape index (κ1) is 30.8. The van der Waals surface area contributed by atoms with E-state index in [0.717, 1.165) is 25.9 Å². The van der Waals surface area contributed by atoms with Crippen molar-refractivity contribution in [1.82, 2.24) is 10.6 Å². The van der Waals surface area contributed by atoms with E-state index in [4.69, 9.17) is 19.1 Å². The molecule has 14 nitrogen and oxygen atoms in total. The van der Waals surface area contributed by atoms with Gasteiger partial charge in [-0.1, -0.05) is 25.0 Å². The Balaban J connectivity index is 0.000000555. The number of rotatable bonds is 10. The number of hydrogen-bond acceptors (Lipinski definition) is 8. The fraction of sp³-hybridized carbons (Fsp3) is 0.625. The van der Waals surface area contributed by atoms with Crippen molar-refractivity contribution in [2.24, 2.45) is 5.92 Å². The number of hydrogen-bond donors (Lipinski definition) is 2. The normalized spacial score (nSPS) is 14.7. The third-order valence-corrected chi connectivity index (χ3v) is 3.86. The van der Waals surface area contributed by atoms with Crippen LogP contribution in [0.25, 0.3) is 10.6 Å². The number of piperidine rings is 1. The third-order valence-electron chi connectivity index (χ3n) is 3.86. The van der Waals surface area contributed by atoms with Gasteiger partial charge in [0.2, 0.25) is 5.91 Å². The van der Waals surface area contributed by atoms with Crippen LogP contribution in [-0.4, -0.2) is 67.9 Å². The van der Waals surface area contributed by atoms with Crippen molar-refractivity contribution in [2.75, 3.05) is 45.9 Å². The van der Waals surface area contributed by atoms with Crippen LogP contribution in [0, 0.1) is 26.1 Å². The average Bonchev–Trinajstić information content (AvgIpc) is 2.81. The van der Waals surface area contributed by atoms with Crippen LogP contribution in [0.1, 0.15) is 12.8 Å². The van der Waals surface area contributed by atoms with Crippen molar-refractivity contribution >= 4 is 30.9 Å². The van der Waals surface area contributed by atoms with Crippen LogP contribution in [0.3, 0.4) is 0 Å². The van der Waals surface area contributed by atoms with Crippen LogP contribution in [0.15, 0.2) is 23.9 Å². The van der Waals surface area contributed by atoms with Crippen molar-refractivity contribution in [3.63, 3.8) is 0 Å². The summed E-state index contributed by atoms with van der Waals surface area (Å²) in [5.41, 5.74) is 0.506. The Bertz CT molecular complexity index is 679. The molecule has 1 fully saturated rings. The van der Waals surface area contributed by atoms with E-state index in [0.29, 0.717) is 12.1 Å². The maximum atomic E-state index is 11.5. The zero-order valence-corrected chi connectivity index (χ0v) is 20.4. The van der Waals surface area contributed by atoms with Gasteiger partial charge in [0.25, 0.3) is 16.1 Å². The molecule has 0 spiro atoms. The second kappa shape index (κ2) is 20.4. The first-order valence-corrected chi connectivity index (χ1v) is 13.4. The van der Waals surface area contributed by atoms with Crippen LogP contribution in [0.5, 0.6) is 0 Å². The molecule has 0 aromatic rings. The molecule has 2 heterocycles. The van der Waals surface area contributed by atoms with Gasteiger partial charge in [-0.2, -0.15) is 6.20 Å². The SMILES string of the molecule is O=C(NCCO[N+](=O)[O-])C1=CC[N-]C=C1.O=C(NCCO[N+](=O)[O-])C1CC[N-]CC1.[Cl][Pd][Cl]. The summed E-state index contributed by atoms with van der Waals surface area (Å²) in [5.74, 6) is -0.344. The number of carbonyl (C=O) groups is 2. The molecule has 33 heavy (non-hydrogen) atoms. The maximum absolute atomic E-state index is 11.5. The molecular formula is C16H24Cl2N6O8Pd-2. The fourth-order valence-corrected chi connectivity index (χ4v) is 2.42. The monoisotopic (exact) mass is 604 g/mol. The summed E-state index contributed by atoms with van der Waals surface area (Å²) < 4.78 is 0. The summed E-state index contributed by atoms with van der Waals surface area (Å²) in [6.45, 7) is 1.95. The molecule has 17 heteroatoms. The van der Waals surface area contributed by atoms with E-state index in [9.17, 15) is 29.8 Å². The van der Waals surface area contributed by atoms with Crippen LogP contribution >= 0.6 is 19.1 Å². The van der Waals surface area contributed by atoms with Crippen molar-refractivity contribution in [3.8, 4) is 0 Å². The third kappa shape index (κ3) is 18.0. The summed E-state index contributed by atoms with van der Waals surface area (Å²) >= 11 is -0.106. The molecule has 0 bridgehead atoms. The van der Waals surface area contributed by atoms with Gasteiger partial charge in [-0.05, 0) is 0 Å². The van der Waals surface area contributed by atoms with Crippen molar-refractivity contribution in [1.29, 1.82) is 0 Å². The van der Waals surface area contributed by atoms with Gasteiger partial charge < -0.3 is 30.9 Å². The minimum atomic E-state index is -0.898. The minimum absolute atomic E-state index is 0.00175. The topological polar surface area (TPSA) is 191 Å². The van der Waals surface area contributed by atoms with E-state index >= 15 is 0 Å². The van der Waals surface area contributed by atoms with Crippen LogP contribution in [-0.2, 0) is 35.2 Å². The summed E-state index contributed by atoms with van der Waals surface area (Å²) in [5, 5.41) is 30.9. The molecule has 2 amide bonds. The zero-order chi connectivity index (χ0) is 24.9. The number of halogens is 2. The van der Waals surface area contributed by atoms with Crippen molar-refractivity contribution in [3.05, 3.63) is 54.8 Å². The summed E-state index contributed by atoms with van der Waals surface area (Å²) in [6, 6.07) is 0. The van der Waals surface area contributed by atoms with Crippen LogP contribution < -0.4 is 10.6 Å². The Kier molecular flexibility index (Phi) is 19.1. The quantitative estimate of drug-likeness (QED) is 0.162. The van der Waals surface area contributed by atoms with E-state index < -0.39 is 10.2 Å². The van der Waals surface area contributed by atoms with E-state index in [2.05, 4.69) is 30.9 Å². The van der Waals surface area contributed by atoms with Gasteiger partial charge in [0.05, 0.1) is 0 Å². The number of nitrogens with one attached hydrogen (secondary N) is 2. The first-order valence-electron chi connectivity index (χ1n) is 9.41. The standard InChI is InChI=1S/C8H14N3O4.C8H10N3O4.2ClH.Pd/c2*12-8(7-1-3-9-4-2-7)10-5-6-15-11(13)14;;;/h7H,1-6H2,(H,10,12);1-3H,4-6H2,(H,10,12);2*1H;/q2*-1;;;+2/p-2. The molecule has 0 radical (unpaired) electrons. The molecule has 0 aromatic heterocycles. The summed E-state index contributed by atoms with van der Waals surface area (Å²) in [7, 11) is 9.63. The Morgan fingerprint density at radius 3 is 2.12 bits per heavy atom. The molecule has 2 rings (SSSR count). The average molecular weight is 606 g/mol. The van der Waals surface area contributed by atoms with Gasteiger partial charge in [-0.15, -0.1) is 39.9 Å². The Morgan fingerprint density at radius 2 is 1.64 bits per heavy atom. The molecule has 0 aliphatic carbocycles. The van der Waals surface area contributed by atoms with E-state index in [-0.39, 0.29) is 60.0 Å². The number of nitrogens with zero attached hydrogens (tertiary/aromatic N) is 4. The predicted octanol–water partition coefficient (Wildman–Crippen LogP) is 1.61. The van der Waals surface area contributed by atoms with Gasteiger partial charge in [0, 0.05) is 24.6 Å². The zero-order valence-electron chi connectivity index (χ0n) is 17.3. The van der Waals surface area contributed by atoms with Crippen molar-refractivity contribution < 1.29 is 45.4 Å². The second-order valence-corrected chi connectivity index (χ2v) is 8.35. The van der Waals surface area contributed by atoms with E-state index in [1.807, 2.05) is 0 Å². The number of carbonyl (C=O) groups excluding carboxylic acids is 2. The Hall–Kier alpha value is -2.18. The van der Waals surface area contributed by atoms with Gasteiger partial charge in [0.1, 0.15) is 13.2 Å². The number of amides is 2.